The van der Waals surface area contributed by atoms with E-state index in [-0.39, 0.29) is 0 Å². The van der Waals surface area contributed by atoms with Crippen LogP contribution in [0.2, 0.25) is 0 Å². The average Bonchev–Trinajstić information content (AvgIpc) is 2.69. The molecule has 0 aliphatic heterocycles. The van der Waals surface area contributed by atoms with E-state index in [4.69, 9.17) is 9.05 Å². The molecule has 3 aromatic rings. The first-order valence-corrected chi connectivity index (χ1v) is 10.1. The Morgan fingerprint density at radius 1 is 0.808 bits per heavy atom. The van der Waals surface area contributed by atoms with Crippen LogP contribution >= 0.6 is 7.60 Å². The van der Waals surface area contributed by atoms with Gasteiger partial charge in [-0.25, -0.2) is 0 Å². The number of benzene rings is 1. The highest BCUT2D eigenvalue weighted by atomic mass is 31.2. The quantitative estimate of drug-likeness (QED) is 0.566. The first-order valence-electron chi connectivity index (χ1n) is 8.54. The molecule has 0 aliphatic carbocycles. The Hall–Kier alpha value is -2.33. The third-order valence-corrected chi connectivity index (χ3v) is 5.93. The normalized spacial score (nSPS) is 11.5. The molecule has 2 aromatic heterocycles. The van der Waals surface area contributed by atoms with Crippen LogP contribution in [0.4, 0.5) is 0 Å². The van der Waals surface area contributed by atoms with Crippen LogP contribution in [-0.2, 0) is 13.6 Å². The first-order chi connectivity index (χ1) is 12.7. The summed E-state index contributed by atoms with van der Waals surface area (Å²) in [6.07, 6.45) is 3.51. The molecule has 6 heteroatoms. The molecule has 0 aliphatic rings. The molecule has 0 saturated carbocycles. The molecule has 0 amide bonds. The van der Waals surface area contributed by atoms with Crippen LogP contribution in [0.25, 0.3) is 22.5 Å². The van der Waals surface area contributed by atoms with Crippen molar-refractivity contribution in [2.24, 2.45) is 0 Å². The number of nitrogens with zero attached hydrogens (tertiary/aromatic N) is 2. The van der Waals surface area contributed by atoms with Crippen LogP contribution < -0.4 is 5.30 Å². The zero-order chi connectivity index (χ0) is 18.4. The van der Waals surface area contributed by atoms with Crippen molar-refractivity contribution in [1.82, 2.24) is 9.97 Å². The van der Waals surface area contributed by atoms with E-state index in [1.165, 1.54) is 0 Å². The van der Waals surface area contributed by atoms with Crippen molar-refractivity contribution in [2.45, 2.75) is 13.8 Å². The summed E-state index contributed by atoms with van der Waals surface area (Å²) in [5, 5.41) is 0.559. The Kier molecular flexibility index (Phi) is 5.94. The third-order valence-electron chi connectivity index (χ3n) is 3.80. The van der Waals surface area contributed by atoms with E-state index in [0.29, 0.717) is 18.5 Å². The van der Waals surface area contributed by atoms with Gasteiger partial charge in [-0.1, -0.05) is 18.2 Å². The molecule has 0 radical (unpaired) electrons. The molecule has 0 spiro atoms. The topological polar surface area (TPSA) is 61.3 Å². The fourth-order valence-electron chi connectivity index (χ4n) is 2.63. The van der Waals surface area contributed by atoms with E-state index in [0.717, 1.165) is 22.5 Å². The van der Waals surface area contributed by atoms with E-state index >= 15 is 0 Å². The lowest BCUT2D eigenvalue weighted by atomic mass is 10.1. The van der Waals surface area contributed by atoms with Crippen molar-refractivity contribution in [3.8, 4) is 22.5 Å². The summed E-state index contributed by atoms with van der Waals surface area (Å²) in [6.45, 7) is 4.26. The highest BCUT2D eigenvalue weighted by molar-refractivity contribution is 7.62. The Bertz CT molecular complexity index is 888. The van der Waals surface area contributed by atoms with Crippen LogP contribution in [0, 0.1) is 0 Å². The van der Waals surface area contributed by atoms with Crippen molar-refractivity contribution in [3.05, 3.63) is 67.0 Å². The highest BCUT2D eigenvalue weighted by Crippen LogP contribution is 2.46. The van der Waals surface area contributed by atoms with Crippen molar-refractivity contribution < 1.29 is 13.6 Å². The fraction of sp³-hybridized carbons (Fsp3) is 0.200. The Labute approximate surface area is 153 Å². The summed E-state index contributed by atoms with van der Waals surface area (Å²) in [4.78, 5) is 8.73. The standard InChI is InChI=1S/C20H21N2O3P/c1-3-24-26(23,25-4-2)18-10-8-16(9-11-18)17-12-14-22-20(15-17)19-7-5-6-13-21-19/h5-15H,3-4H2,1-2H3. The molecule has 2 heterocycles. The lowest BCUT2D eigenvalue weighted by Crippen LogP contribution is -2.10. The van der Waals surface area contributed by atoms with Gasteiger partial charge < -0.3 is 9.05 Å². The molecule has 3 rings (SSSR count). The summed E-state index contributed by atoms with van der Waals surface area (Å²) in [5.74, 6) is 0. The second kappa shape index (κ2) is 8.37. The van der Waals surface area contributed by atoms with Crippen LogP contribution in [-0.4, -0.2) is 23.2 Å². The zero-order valence-corrected chi connectivity index (χ0v) is 15.7. The molecule has 0 saturated heterocycles. The summed E-state index contributed by atoms with van der Waals surface area (Å²) < 4.78 is 23.6. The van der Waals surface area contributed by atoms with Crippen molar-refractivity contribution in [2.75, 3.05) is 13.2 Å². The number of aromatic nitrogens is 2. The predicted octanol–water partition coefficient (Wildman–Crippen LogP) is 4.70. The monoisotopic (exact) mass is 368 g/mol. The lowest BCUT2D eigenvalue weighted by molar-refractivity contribution is 0.230. The van der Waals surface area contributed by atoms with Gasteiger partial charge in [0.1, 0.15) is 0 Å². The summed E-state index contributed by atoms with van der Waals surface area (Å²) >= 11 is 0. The number of rotatable bonds is 7. The maximum atomic E-state index is 12.8. The minimum atomic E-state index is -3.26. The highest BCUT2D eigenvalue weighted by Gasteiger charge is 2.26. The Balaban J connectivity index is 1.91. The predicted molar refractivity (Wildman–Crippen MR) is 103 cm³/mol. The lowest BCUT2D eigenvalue weighted by Gasteiger charge is -2.17. The maximum absolute atomic E-state index is 12.8. The molecule has 0 unspecified atom stereocenters. The van der Waals surface area contributed by atoms with E-state index in [1.54, 1.807) is 38.4 Å². The molecule has 26 heavy (non-hydrogen) atoms. The summed E-state index contributed by atoms with van der Waals surface area (Å²) in [6, 6.07) is 17.1. The number of pyridine rings is 2. The largest absolute Gasteiger partial charge is 0.361 e. The molecule has 0 bridgehead atoms. The van der Waals surface area contributed by atoms with Gasteiger partial charge in [0, 0.05) is 12.4 Å². The zero-order valence-electron chi connectivity index (χ0n) is 14.8. The van der Waals surface area contributed by atoms with Gasteiger partial charge in [-0.05, 0) is 61.4 Å². The van der Waals surface area contributed by atoms with Gasteiger partial charge in [0.05, 0.1) is 29.9 Å². The van der Waals surface area contributed by atoms with Crippen molar-refractivity contribution in [1.29, 1.82) is 0 Å². The van der Waals surface area contributed by atoms with Crippen molar-refractivity contribution >= 4 is 12.9 Å². The minimum absolute atomic E-state index is 0.330. The van der Waals surface area contributed by atoms with Gasteiger partial charge in [-0.2, -0.15) is 0 Å². The molecule has 0 atom stereocenters. The van der Waals surface area contributed by atoms with Gasteiger partial charge in [0.2, 0.25) is 0 Å². The molecule has 1 aromatic carbocycles. The average molecular weight is 368 g/mol. The molecular weight excluding hydrogens is 347 g/mol. The van der Waals surface area contributed by atoms with Gasteiger partial charge in [-0.3, -0.25) is 14.5 Å². The molecule has 134 valence electrons. The minimum Gasteiger partial charge on any atom is -0.305 e. The third kappa shape index (κ3) is 4.07. The summed E-state index contributed by atoms with van der Waals surface area (Å²) in [7, 11) is -3.26. The van der Waals surface area contributed by atoms with Crippen LogP contribution in [0.5, 0.6) is 0 Å². The smallest absolute Gasteiger partial charge is 0.305 e. The van der Waals surface area contributed by atoms with E-state index in [1.807, 2.05) is 42.5 Å². The van der Waals surface area contributed by atoms with Gasteiger partial charge in [0.15, 0.2) is 0 Å². The van der Waals surface area contributed by atoms with Gasteiger partial charge in [0.25, 0.3) is 0 Å². The van der Waals surface area contributed by atoms with E-state index in [2.05, 4.69) is 9.97 Å². The fourth-order valence-corrected chi connectivity index (χ4v) is 4.19. The second-order valence-corrected chi connectivity index (χ2v) is 7.55. The van der Waals surface area contributed by atoms with Crippen LogP contribution in [0.15, 0.2) is 67.0 Å². The maximum Gasteiger partial charge on any atom is 0.361 e. The first kappa shape index (κ1) is 18.5. The Morgan fingerprint density at radius 2 is 1.50 bits per heavy atom. The number of hydrogen-bond donors (Lipinski definition) is 0. The van der Waals surface area contributed by atoms with E-state index < -0.39 is 7.60 Å². The summed E-state index contributed by atoms with van der Waals surface area (Å²) in [5.41, 5.74) is 3.63. The molecule has 0 N–H and O–H groups in total. The number of hydrogen-bond acceptors (Lipinski definition) is 5. The van der Waals surface area contributed by atoms with Crippen LogP contribution in [0.1, 0.15) is 13.8 Å². The van der Waals surface area contributed by atoms with Gasteiger partial charge >= 0.3 is 7.60 Å². The second-order valence-electron chi connectivity index (χ2n) is 5.52. The molecular formula is C20H21N2O3P. The van der Waals surface area contributed by atoms with E-state index in [9.17, 15) is 4.57 Å². The van der Waals surface area contributed by atoms with Gasteiger partial charge in [-0.15, -0.1) is 0 Å². The van der Waals surface area contributed by atoms with Crippen molar-refractivity contribution in [3.63, 3.8) is 0 Å². The molecule has 5 nitrogen and oxygen atoms in total. The SMILES string of the molecule is CCOP(=O)(OCC)c1ccc(-c2ccnc(-c3ccccn3)c2)cc1. The Morgan fingerprint density at radius 3 is 2.12 bits per heavy atom. The molecule has 0 fully saturated rings. The van der Waals surface area contributed by atoms with Crippen LogP contribution in [0.3, 0.4) is 0 Å².